The highest BCUT2D eigenvalue weighted by Gasteiger charge is 2.42. The van der Waals surface area contributed by atoms with E-state index >= 15 is 0 Å². The fourth-order valence-electron chi connectivity index (χ4n) is 4.27. The van der Waals surface area contributed by atoms with Gasteiger partial charge in [0.05, 0.1) is 25.0 Å². The molecule has 5 rings (SSSR count). The van der Waals surface area contributed by atoms with Crippen molar-refractivity contribution in [1.29, 1.82) is 0 Å². The van der Waals surface area contributed by atoms with Gasteiger partial charge in [-0.3, -0.25) is 19.4 Å². The summed E-state index contributed by atoms with van der Waals surface area (Å²) in [5.41, 5.74) is 3.13. The zero-order chi connectivity index (χ0) is 27.2. The third-order valence-corrected chi connectivity index (χ3v) is 7.15. The smallest absolute Gasteiger partial charge is 0.259 e. The summed E-state index contributed by atoms with van der Waals surface area (Å²) in [5.74, 6) is 0.356. The molecule has 0 saturated heterocycles. The van der Waals surface area contributed by atoms with Gasteiger partial charge in [-0.2, -0.15) is 0 Å². The molecule has 3 aromatic carbocycles. The number of fused-ring (bicyclic) bond motifs is 3. The van der Waals surface area contributed by atoms with Crippen molar-refractivity contribution < 1.29 is 19.1 Å². The molecule has 2 aliphatic heterocycles. The number of anilines is 1. The van der Waals surface area contributed by atoms with E-state index in [1.165, 1.54) is 4.90 Å². The molecule has 0 radical (unpaired) electrons. The molecule has 1 unspecified atom stereocenters. The lowest BCUT2D eigenvalue weighted by molar-refractivity contribution is -0.128. The quantitative estimate of drug-likeness (QED) is 0.428. The standard InChI is InChI=1S/C29H27N5O4S/c1-38-21-13-11-20(12-14-21)31-26(36)18-39-29-33-23-10-6-5-9-22(23)27-32-24(28(37)34(27)29)17-25(35)30-16-15-19-7-3-2-4-8-19/h2-14,24H,15-18H2,1H3,(H,30,35)(H,31,36). The molecule has 0 aromatic heterocycles. The summed E-state index contributed by atoms with van der Waals surface area (Å²) in [7, 11) is 1.58. The van der Waals surface area contributed by atoms with Crippen molar-refractivity contribution in [3.63, 3.8) is 0 Å². The molecule has 0 saturated carbocycles. The summed E-state index contributed by atoms with van der Waals surface area (Å²) in [6.45, 7) is 0.471. The summed E-state index contributed by atoms with van der Waals surface area (Å²) in [6.07, 6.45) is 0.636. The summed E-state index contributed by atoms with van der Waals surface area (Å²) in [5, 5.41) is 6.07. The SMILES string of the molecule is COc1ccc(NC(=O)CSC2=Nc3ccccc3C3=NC(CC(=O)NCCc4ccccc4)C(=O)N23)cc1. The van der Waals surface area contributed by atoms with Gasteiger partial charge in [0.25, 0.3) is 5.91 Å². The maximum atomic E-state index is 13.4. The summed E-state index contributed by atoms with van der Waals surface area (Å²) in [6, 6.07) is 23.4. The largest absolute Gasteiger partial charge is 0.497 e. The number of hydrogen-bond donors (Lipinski definition) is 2. The van der Waals surface area contributed by atoms with E-state index in [-0.39, 0.29) is 29.9 Å². The molecule has 10 heteroatoms. The van der Waals surface area contributed by atoms with E-state index in [1.54, 1.807) is 31.4 Å². The Morgan fingerprint density at radius 2 is 1.72 bits per heavy atom. The molecule has 0 spiro atoms. The van der Waals surface area contributed by atoms with Crippen LogP contribution in [0.4, 0.5) is 11.4 Å². The number of para-hydroxylation sites is 1. The number of carbonyl (C=O) groups is 3. The number of nitrogens with zero attached hydrogens (tertiary/aromatic N) is 3. The molecule has 2 N–H and O–H groups in total. The lowest BCUT2D eigenvalue weighted by Crippen LogP contribution is -2.42. The summed E-state index contributed by atoms with van der Waals surface area (Å²) >= 11 is 1.15. The zero-order valence-corrected chi connectivity index (χ0v) is 22.1. The Kier molecular flexibility index (Phi) is 8.02. The van der Waals surface area contributed by atoms with Crippen LogP contribution < -0.4 is 15.4 Å². The van der Waals surface area contributed by atoms with Crippen LogP contribution >= 0.6 is 11.8 Å². The Bertz CT molecular complexity index is 1440. The number of hydrogen-bond acceptors (Lipinski definition) is 7. The predicted molar refractivity (Wildman–Crippen MR) is 153 cm³/mol. The number of aliphatic imine (C=N–C) groups is 2. The van der Waals surface area contributed by atoms with E-state index in [2.05, 4.69) is 20.6 Å². The van der Waals surface area contributed by atoms with Gasteiger partial charge < -0.3 is 15.4 Å². The van der Waals surface area contributed by atoms with Crippen LogP contribution in [0.25, 0.3) is 0 Å². The van der Waals surface area contributed by atoms with Crippen LogP contribution in [0.15, 0.2) is 88.8 Å². The monoisotopic (exact) mass is 541 g/mol. The van der Waals surface area contributed by atoms with Crippen molar-refractivity contribution in [2.45, 2.75) is 18.9 Å². The lowest BCUT2D eigenvalue weighted by Gasteiger charge is -2.25. The van der Waals surface area contributed by atoms with E-state index < -0.39 is 6.04 Å². The molecule has 2 heterocycles. The van der Waals surface area contributed by atoms with Gasteiger partial charge in [0, 0.05) is 17.8 Å². The molecule has 0 fully saturated rings. The van der Waals surface area contributed by atoms with Crippen LogP contribution in [0.1, 0.15) is 17.5 Å². The maximum Gasteiger partial charge on any atom is 0.259 e. The zero-order valence-electron chi connectivity index (χ0n) is 21.3. The summed E-state index contributed by atoms with van der Waals surface area (Å²) < 4.78 is 5.14. The van der Waals surface area contributed by atoms with Crippen molar-refractivity contribution in [2.24, 2.45) is 9.98 Å². The van der Waals surface area contributed by atoms with Gasteiger partial charge in [0.15, 0.2) is 5.17 Å². The summed E-state index contributed by atoms with van der Waals surface area (Å²) in [4.78, 5) is 49.4. The van der Waals surface area contributed by atoms with Gasteiger partial charge in [-0.25, -0.2) is 9.89 Å². The third-order valence-electron chi connectivity index (χ3n) is 6.21. The van der Waals surface area contributed by atoms with Crippen LogP contribution in [-0.2, 0) is 20.8 Å². The first-order valence-electron chi connectivity index (χ1n) is 12.5. The third kappa shape index (κ3) is 6.18. The number of carbonyl (C=O) groups excluding carboxylic acids is 3. The van der Waals surface area contributed by atoms with E-state index in [4.69, 9.17) is 4.74 Å². The predicted octanol–water partition coefficient (Wildman–Crippen LogP) is 3.77. The van der Waals surface area contributed by atoms with Crippen molar-refractivity contribution in [1.82, 2.24) is 10.2 Å². The highest BCUT2D eigenvalue weighted by atomic mass is 32.2. The van der Waals surface area contributed by atoms with Crippen LogP contribution in [0.2, 0.25) is 0 Å². The van der Waals surface area contributed by atoms with Gasteiger partial charge in [-0.15, -0.1) is 0 Å². The van der Waals surface area contributed by atoms with E-state index in [0.29, 0.717) is 46.7 Å². The normalized spacial score (nSPS) is 15.6. The second kappa shape index (κ2) is 12.0. The number of methoxy groups -OCH3 is 1. The minimum atomic E-state index is -0.859. The van der Waals surface area contributed by atoms with E-state index in [0.717, 1.165) is 17.3 Å². The number of nitrogens with one attached hydrogen (secondary N) is 2. The molecular formula is C29H27N5O4S. The second-order valence-corrected chi connectivity index (χ2v) is 9.85. The molecule has 39 heavy (non-hydrogen) atoms. The molecule has 1 atom stereocenters. The Morgan fingerprint density at radius 1 is 0.974 bits per heavy atom. The lowest BCUT2D eigenvalue weighted by atomic mass is 10.1. The average Bonchev–Trinajstić information content (AvgIpc) is 3.28. The molecule has 3 aromatic rings. The van der Waals surface area contributed by atoms with Crippen LogP contribution in [0.5, 0.6) is 5.75 Å². The first-order chi connectivity index (χ1) is 19.0. The first-order valence-corrected chi connectivity index (χ1v) is 13.5. The highest BCUT2D eigenvalue weighted by molar-refractivity contribution is 8.14. The van der Waals surface area contributed by atoms with Gasteiger partial charge in [0.1, 0.15) is 17.6 Å². The number of thioether (sulfide) groups is 1. The Morgan fingerprint density at radius 3 is 2.49 bits per heavy atom. The molecule has 0 bridgehead atoms. The van der Waals surface area contributed by atoms with Crippen molar-refractivity contribution >= 4 is 51.9 Å². The fourth-order valence-corrected chi connectivity index (χ4v) is 5.07. The molecule has 198 valence electrons. The van der Waals surface area contributed by atoms with Crippen LogP contribution in [0, 0.1) is 0 Å². The van der Waals surface area contributed by atoms with Gasteiger partial charge >= 0.3 is 0 Å². The average molecular weight is 542 g/mol. The van der Waals surface area contributed by atoms with Gasteiger partial charge in [-0.05, 0) is 48.4 Å². The molecule has 0 aliphatic carbocycles. The van der Waals surface area contributed by atoms with Gasteiger partial charge in [-0.1, -0.05) is 54.2 Å². The van der Waals surface area contributed by atoms with Crippen molar-refractivity contribution in [2.75, 3.05) is 24.7 Å². The Hall–Kier alpha value is -4.44. The minimum absolute atomic E-state index is 0.0364. The number of ether oxygens (including phenoxy) is 1. The second-order valence-electron chi connectivity index (χ2n) is 8.91. The van der Waals surface area contributed by atoms with Crippen molar-refractivity contribution in [3.8, 4) is 5.75 Å². The Balaban J connectivity index is 1.24. The Labute approximate surface area is 230 Å². The molecular weight excluding hydrogens is 514 g/mol. The van der Waals surface area contributed by atoms with Gasteiger partial charge in [0.2, 0.25) is 11.8 Å². The minimum Gasteiger partial charge on any atom is -0.497 e. The number of benzene rings is 3. The topological polar surface area (TPSA) is 112 Å². The van der Waals surface area contributed by atoms with Crippen molar-refractivity contribution in [3.05, 3.63) is 90.0 Å². The number of amidine groups is 2. The molecule has 9 nitrogen and oxygen atoms in total. The highest BCUT2D eigenvalue weighted by Crippen LogP contribution is 2.34. The van der Waals surface area contributed by atoms with Crippen LogP contribution in [-0.4, -0.2) is 59.1 Å². The molecule has 2 aliphatic rings. The number of rotatable bonds is 9. The molecule has 3 amide bonds. The maximum absolute atomic E-state index is 13.4. The van der Waals surface area contributed by atoms with E-state index in [1.807, 2.05) is 54.6 Å². The fraction of sp³-hybridized carbons (Fsp3) is 0.207. The van der Waals surface area contributed by atoms with Crippen LogP contribution in [0.3, 0.4) is 0 Å². The van der Waals surface area contributed by atoms with E-state index in [9.17, 15) is 14.4 Å². The first kappa shape index (κ1) is 26.2. The number of amides is 3.